The molecule has 2 saturated heterocycles. The summed E-state index contributed by atoms with van der Waals surface area (Å²) in [5.74, 6) is 1.35. The van der Waals surface area contributed by atoms with E-state index >= 15 is 0 Å². The van der Waals surface area contributed by atoms with Gasteiger partial charge >= 0.3 is 0 Å². The summed E-state index contributed by atoms with van der Waals surface area (Å²) >= 11 is 0. The monoisotopic (exact) mass is 514 g/mol. The maximum absolute atomic E-state index is 14.2. The van der Waals surface area contributed by atoms with E-state index in [9.17, 15) is 4.79 Å². The molecule has 2 aromatic carbocycles. The number of carbonyl (C=O) groups excluding carboxylic acids is 1. The minimum Gasteiger partial charge on any atom is -0.304 e. The SMILES string of the molecule is CN1CCN(Cc2ccc(C(=O)c3ccc(CN4CCN(C)CC4)cc3C3CCC3)c(C3CCC3)c2)CC1. The molecule has 4 fully saturated rings. The molecular weight excluding hydrogens is 468 g/mol. The summed E-state index contributed by atoms with van der Waals surface area (Å²) < 4.78 is 0. The molecule has 6 rings (SSSR count). The standard InChI is InChI=1S/C33H46N4O/c1-34-13-17-36(18-14-34)23-25-9-11-29(31(21-25)27-5-3-6-27)33(38)30-12-10-26(22-32(30)28-7-4-8-28)24-37-19-15-35(2)16-20-37/h9-12,21-22,27-28H,3-8,13-20,23-24H2,1-2H3. The van der Waals surface area contributed by atoms with Crippen molar-refractivity contribution in [2.24, 2.45) is 0 Å². The van der Waals surface area contributed by atoms with Crippen LogP contribution in [0.3, 0.4) is 0 Å². The van der Waals surface area contributed by atoms with Crippen LogP contribution in [0.15, 0.2) is 36.4 Å². The van der Waals surface area contributed by atoms with Crippen LogP contribution < -0.4 is 0 Å². The fourth-order valence-electron chi connectivity index (χ4n) is 6.62. The van der Waals surface area contributed by atoms with E-state index in [4.69, 9.17) is 0 Å². The third-order valence-electron chi connectivity index (χ3n) is 9.82. The Morgan fingerprint density at radius 1 is 0.632 bits per heavy atom. The second kappa shape index (κ2) is 11.6. The third kappa shape index (κ3) is 5.77. The van der Waals surface area contributed by atoms with Gasteiger partial charge in [-0.1, -0.05) is 49.2 Å². The van der Waals surface area contributed by atoms with Crippen molar-refractivity contribution in [3.8, 4) is 0 Å². The molecule has 0 unspecified atom stereocenters. The molecular formula is C33H46N4O. The number of ketones is 1. The first kappa shape index (κ1) is 26.2. The van der Waals surface area contributed by atoms with Crippen molar-refractivity contribution in [1.82, 2.24) is 19.6 Å². The Hall–Kier alpha value is -2.05. The first-order valence-corrected chi connectivity index (χ1v) is 15.2. The Labute approximate surface area is 229 Å². The molecule has 2 saturated carbocycles. The van der Waals surface area contributed by atoms with Crippen LogP contribution in [0, 0.1) is 0 Å². The normalized spacial score (nSPS) is 22.8. The van der Waals surface area contributed by atoms with Crippen molar-refractivity contribution in [3.05, 3.63) is 69.8 Å². The number of hydrogen-bond donors (Lipinski definition) is 0. The smallest absolute Gasteiger partial charge is 0.193 e. The summed E-state index contributed by atoms with van der Waals surface area (Å²) in [5.41, 5.74) is 7.29. The van der Waals surface area contributed by atoms with E-state index in [0.29, 0.717) is 11.8 Å². The molecule has 0 radical (unpaired) electrons. The van der Waals surface area contributed by atoms with Gasteiger partial charge in [-0.25, -0.2) is 0 Å². The summed E-state index contributed by atoms with van der Waals surface area (Å²) in [6.45, 7) is 11.1. The fourth-order valence-corrected chi connectivity index (χ4v) is 6.62. The van der Waals surface area contributed by atoms with Gasteiger partial charge in [0.15, 0.2) is 5.78 Å². The van der Waals surface area contributed by atoms with Gasteiger partial charge in [0.2, 0.25) is 0 Å². The lowest BCUT2D eigenvalue weighted by atomic mass is 9.74. The van der Waals surface area contributed by atoms with E-state index in [2.05, 4.69) is 70.1 Å². The van der Waals surface area contributed by atoms with Gasteiger partial charge in [-0.05, 0) is 73.9 Å². The van der Waals surface area contributed by atoms with Crippen molar-refractivity contribution < 1.29 is 4.79 Å². The zero-order valence-electron chi connectivity index (χ0n) is 23.6. The summed E-state index contributed by atoms with van der Waals surface area (Å²) in [5, 5.41) is 0. The number of nitrogens with zero attached hydrogens (tertiary/aromatic N) is 4. The molecule has 2 aromatic rings. The lowest BCUT2D eigenvalue weighted by molar-refractivity contribution is 0.103. The number of piperazine rings is 2. The van der Waals surface area contributed by atoms with Crippen LogP contribution in [-0.2, 0) is 13.1 Å². The van der Waals surface area contributed by atoms with Crippen LogP contribution in [-0.4, -0.2) is 91.8 Å². The van der Waals surface area contributed by atoms with Gasteiger partial charge in [-0.3, -0.25) is 14.6 Å². The highest BCUT2D eigenvalue weighted by atomic mass is 16.1. The van der Waals surface area contributed by atoms with E-state index in [0.717, 1.165) is 76.6 Å². The minimum absolute atomic E-state index is 0.256. The molecule has 0 bridgehead atoms. The number of benzene rings is 2. The van der Waals surface area contributed by atoms with Gasteiger partial charge in [0, 0.05) is 76.6 Å². The quantitative estimate of drug-likeness (QED) is 0.465. The van der Waals surface area contributed by atoms with Crippen LogP contribution in [0.25, 0.3) is 0 Å². The highest BCUT2D eigenvalue weighted by Gasteiger charge is 2.30. The fraction of sp³-hybridized carbons (Fsp3) is 0.606. The maximum Gasteiger partial charge on any atom is 0.193 e. The Balaban J connectivity index is 1.25. The zero-order chi connectivity index (χ0) is 26.1. The summed E-state index contributed by atoms with van der Waals surface area (Å²) in [6, 6.07) is 13.6. The third-order valence-corrected chi connectivity index (χ3v) is 9.82. The molecule has 38 heavy (non-hydrogen) atoms. The van der Waals surface area contributed by atoms with Gasteiger partial charge in [0.1, 0.15) is 0 Å². The molecule has 4 aliphatic rings. The molecule has 0 N–H and O–H groups in total. The van der Waals surface area contributed by atoms with Crippen LogP contribution in [0.1, 0.15) is 88.5 Å². The molecule has 0 amide bonds. The average Bonchev–Trinajstić information content (AvgIpc) is 2.85. The largest absolute Gasteiger partial charge is 0.304 e. The Bertz CT molecular complexity index is 1030. The van der Waals surface area contributed by atoms with Gasteiger partial charge in [0.05, 0.1) is 0 Å². The molecule has 5 nitrogen and oxygen atoms in total. The Morgan fingerprint density at radius 2 is 1.03 bits per heavy atom. The molecule has 0 aromatic heterocycles. The predicted octanol–water partition coefficient (Wildman–Crippen LogP) is 4.95. The topological polar surface area (TPSA) is 30.0 Å². The minimum atomic E-state index is 0.256. The van der Waals surface area contributed by atoms with Gasteiger partial charge in [0.25, 0.3) is 0 Å². The first-order valence-electron chi connectivity index (χ1n) is 15.2. The molecule has 2 aliphatic heterocycles. The Kier molecular flexibility index (Phi) is 7.99. The second-order valence-corrected chi connectivity index (χ2v) is 12.6. The van der Waals surface area contributed by atoms with E-state index in [1.807, 2.05) is 0 Å². The zero-order valence-corrected chi connectivity index (χ0v) is 23.6. The Morgan fingerprint density at radius 3 is 1.37 bits per heavy atom. The summed E-state index contributed by atoms with van der Waals surface area (Å²) in [6.07, 6.45) is 7.45. The lowest BCUT2D eigenvalue weighted by Crippen LogP contribution is -2.43. The van der Waals surface area contributed by atoms with E-state index in [1.54, 1.807) is 0 Å². The van der Waals surface area contributed by atoms with Crippen molar-refractivity contribution >= 4 is 5.78 Å². The van der Waals surface area contributed by atoms with Gasteiger partial charge in [-0.2, -0.15) is 0 Å². The number of rotatable bonds is 8. The highest BCUT2D eigenvalue weighted by molar-refractivity contribution is 6.11. The van der Waals surface area contributed by atoms with E-state index in [-0.39, 0.29) is 5.78 Å². The molecule has 204 valence electrons. The average molecular weight is 515 g/mol. The van der Waals surface area contributed by atoms with Crippen molar-refractivity contribution in [3.63, 3.8) is 0 Å². The van der Waals surface area contributed by atoms with E-state index < -0.39 is 0 Å². The van der Waals surface area contributed by atoms with Crippen molar-refractivity contribution in [1.29, 1.82) is 0 Å². The van der Waals surface area contributed by atoms with Gasteiger partial charge in [-0.15, -0.1) is 0 Å². The molecule has 5 heteroatoms. The van der Waals surface area contributed by atoms with Crippen LogP contribution in [0.2, 0.25) is 0 Å². The van der Waals surface area contributed by atoms with Crippen molar-refractivity contribution in [2.75, 3.05) is 66.5 Å². The van der Waals surface area contributed by atoms with Crippen LogP contribution in [0.5, 0.6) is 0 Å². The van der Waals surface area contributed by atoms with Crippen LogP contribution in [0.4, 0.5) is 0 Å². The highest BCUT2D eigenvalue weighted by Crippen LogP contribution is 2.42. The molecule has 0 atom stereocenters. The van der Waals surface area contributed by atoms with E-state index in [1.165, 1.54) is 60.8 Å². The lowest BCUT2D eigenvalue weighted by Gasteiger charge is -2.33. The molecule has 0 spiro atoms. The number of likely N-dealkylation sites (N-methyl/N-ethyl adjacent to an activating group) is 2. The number of carbonyl (C=O) groups is 1. The number of hydrogen-bond acceptors (Lipinski definition) is 5. The predicted molar refractivity (Wildman–Crippen MR) is 155 cm³/mol. The second-order valence-electron chi connectivity index (χ2n) is 12.6. The van der Waals surface area contributed by atoms with Gasteiger partial charge < -0.3 is 9.80 Å². The van der Waals surface area contributed by atoms with Crippen LogP contribution >= 0.6 is 0 Å². The van der Waals surface area contributed by atoms with Crippen molar-refractivity contribution in [2.45, 2.75) is 63.5 Å². The summed E-state index contributed by atoms with van der Waals surface area (Å²) in [7, 11) is 4.42. The molecule has 2 aliphatic carbocycles. The summed E-state index contributed by atoms with van der Waals surface area (Å²) in [4.78, 5) is 24.2. The molecule has 2 heterocycles. The maximum atomic E-state index is 14.2. The first-order chi connectivity index (χ1) is 18.5.